The third-order valence-electron chi connectivity index (χ3n) is 4.35. The Morgan fingerprint density at radius 3 is 2.43 bits per heavy atom. The summed E-state index contributed by atoms with van der Waals surface area (Å²) in [4.78, 5) is 22.8. The van der Waals surface area contributed by atoms with Crippen LogP contribution in [-0.4, -0.2) is 47.2 Å². The molecule has 1 saturated heterocycles. The van der Waals surface area contributed by atoms with Crippen molar-refractivity contribution in [2.75, 3.05) is 0 Å². The highest BCUT2D eigenvalue weighted by atomic mass is 16.5. The molecule has 0 bridgehead atoms. The molecule has 0 aromatic rings. The molecule has 1 amide bonds. The number of hydrogen-bond acceptors (Lipinski definition) is 5. The number of amides is 1. The third-order valence-corrected chi connectivity index (χ3v) is 4.35. The largest absolute Gasteiger partial charge is 0.481 e. The molecular formula is C13H23BN2O5. The van der Waals surface area contributed by atoms with Gasteiger partial charge in [-0.15, -0.1) is 0 Å². The van der Waals surface area contributed by atoms with Gasteiger partial charge < -0.3 is 25.8 Å². The molecule has 21 heavy (non-hydrogen) atoms. The quantitative estimate of drug-likeness (QED) is 0.527. The lowest BCUT2D eigenvalue weighted by Gasteiger charge is -2.32. The average molecular weight is 298 g/mol. The molecule has 2 fully saturated rings. The number of hydrogen-bond donors (Lipinski definition) is 4. The smallest absolute Gasteiger partial charge is 0.478 e. The van der Waals surface area contributed by atoms with Gasteiger partial charge in [-0.25, -0.2) is 0 Å². The Kier molecular flexibility index (Phi) is 5.61. The van der Waals surface area contributed by atoms with E-state index in [1.807, 2.05) is 0 Å². The molecule has 1 aliphatic carbocycles. The Morgan fingerprint density at radius 1 is 1.19 bits per heavy atom. The lowest BCUT2D eigenvalue weighted by molar-refractivity contribution is -0.139. The van der Waals surface area contributed by atoms with Crippen molar-refractivity contribution in [1.29, 1.82) is 0 Å². The van der Waals surface area contributed by atoms with Crippen LogP contribution in [0.4, 0.5) is 0 Å². The number of aliphatic carboxylic acids is 1. The number of carboxylic acid groups (broad SMARTS) is 1. The maximum absolute atomic E-state index is 12.2. The second-order valence-corrected chi connectivity index (χ2v) is 6.05. The van der Waals surface area contributed by atoms with E-state index >= 15 is 0 Å². The number of carboxylic acids is 1. The van der Waals surface area contributed by atoms with Crippen LogP contribution in [0.5, 0.6) is 0 Å². The fraction of sp³-hybridized carbons (Fsp3) is 0.846. The molecule has 1 aliphatic heterocycles. The highest BCUT2D eigenvalue weighted by Crippen LogP contribution is 2.24. The lowest BCUT2D eigenvalue weighted by Crippen LogP contribution is -2.54. The first-order chi connectivity index (χ1) is 9.95. The van der Waals surface area contributed by atoms with E-state index in [1.165, 1.54) is 0 Å². The van der Waals surface area contributed by atoms with Crippen molar-refractivity contribution in [2.45, 2.75) is 63.0 Å². The number of nitrogens with one attached hydrogen (secondary N) is 1. The summed E-state index contributed by atoms with van der Waals surface area (Å²) in [6.45, 7) is 0. The topological polar surface area (TPSA) is 122 Å². The van der Waals surface area contributed by atoms with E-state index in [2.05, 4.69) is 5.32 Å². The summed E-state index contributed by atoms with van der Waals surface area (Å²) < 4.78 is 5.26. The molecule has 5 N–H and O–H groups in total. The van der Waals surface area contributed by atoms with Gasteiger partial charge >= 0.3 is 13.1 Å². The first kappa shape index (κ1) is 16.3. The van der Waals surface area contributed by atoms with Crippen LogP contribution in [0.15, 0.2) is 0 Å². The lowest BCUT2D eigenvalue weighted by atomic mass is 9.72. The molecule has 1 heterocycles. The number of nitrogens with two attached hydrogens (primary N) is 1. The standard InChI is InChI=1S/C13H23BN2O5/c15-9-3-1-8(2-4-9)13(19)16-11-6-5-10(7-12(17)18)21-14(11)20/h8-11,20H,1-7,15H2,(H,16,19)(H,17,18)/t8?,9?,10-,11-/m0/s1. The number of rotatable bonds is 4. The van der Waals surface area contributed by atoms with E-state index in [1.54, 1.807) is 0 Å². The molecule has 2 atom stereocenters. The minimum Gasteiger partial charge on any atom is -0.481 e. The summed E-state index contributed by atoms with van der Waals surface area (Å²) in [5, 5.41) is 21.4. The Bertz CT molecular complexity index is 387. The average Bonchev–Trinajstić information content (AvgIpc) is 2.42. The van der Waals surface area contributed by atoms with Crippen LogP contribution in [0, 0.1) is 5.92 Å². The van der Waals surface area contributed by atoms with Crippen LogP contribution < -0.4 is 11.1 Å². The summed E-state index contributed by atoms with van der Waals surface area (Å²) in [6.07, 6.45) is 3.68. The van der Waals surface area contributed by atoms with Gasteiger partial charge in [0.2, 0.25) is 5.91 Å². The van der Waals surface area contributed by atoms with Gasteiger partial charge in [0.1, 0.15) is 0 Å². The van der Waals surface area contributed by atoms with Crippen LogP contribution >= 0.6 is 0 Å². The molecule has 1 saturated carbocycles. The van der Waals surface area contributed by atoms with Crippen molar-refractivity contribution in [3.63, 3.8) is 0 Å². The Labute approximate surface area is 124 Å². The van der Waals surface area contributed by atoms with Crippen LogP contribution in [0.25, 0.3) is 0 Å². The molecule has 2 aliphatic rings. The molecule has 7 nitrogen and oxygen atoms in total. The van der Waals surface area contributed by atoms with Crippen molar-refractivity contribution in [1.82, 2.24) is 5.32 Å². The van der Waals surface area contributed by atoms with E-state index in [0.717, 1.165) is 25.7 Å². The fourth-order valence-corrected chi connectivity index (χ4v) is 3.04. The van der Waals surface area contributed by atoms with E-state index in [0.29, 0.717) is 12.8 Å². The van der Waals surface area contributed by atoms with Gasteiger partial charge in [0, 0.05) is 12.0 Å². The molecular weight excluding hydrogens is 275 g/mol. The second kappa shape index (κ2) is 7.24. The highest BCUT2D eigenvalue weighted by Gasteiger charge is 2.38. The van der Waals surface area contributed by atoms with Gasteiger partial charge in [-0.3, -0.25) is 9.59 Å². The highest BCUT2D eigenvalue weighted by molar-refractivity contribution is 6.45. The second-order valence-electron chi connectivity index (χ2n) is 6.05. The predicted octanol–water partition coefficient (Wildman–Crippen LogP) is -0.338. The number of carbonyl (C=O) groups excluding carboxylic acids is 1. The summed E-state index contributed by atoms with van der Waals surface area (Å²) in [6, 6.07) is 0.189. The zero-order valence-electron chi connectivity index (χ0n) is 12.0. The van der Waals surface area contributed by atoms with Crippen molar-refractivity contribution >= 4 is 19.0 Å². The summed E-state index contributed by atoms with van der Waals surface area (Å²) in [7, 11) is -1.14. The molecule has 118 valence electrons. The monoisotopic (exact) mass is 298 g/mol. The molecule has 0 aromatic heterocycles. The van der Waals surface area contributed by atoms with Crippen molar-refractivity contribution in [3.8, 4) is 0 Å². The van der Waals surface area contributed by atoms with E-state index in [4.69, 9.17) is 15.5 Å². The van der Waals surface area contributed by atoms with Gasteiger partial charge in [0.05, 0.1) is 18.5 Å². The molecule has 0 spiro atoms. The molecule has 8 heteroatoms. The Balaban J connectivity index is 1.78. The van der Waals surface area contributed by atoms with Gasteiger partial charge in [-0.05, 0) is 38.5 Å². The summed E-state index contributed by atoms with van der Waals surface area (Å²) in [5.74, 6) is -1.52. The van der Waals surface area contributed by atoms with E-state index in [9.17, 15) is 14.6 Å². The van der Waals surface area contributed by atoms with Gasteiger partial charge in [0.15, 0.2) is 0 Å². The molecule has 2 rings (SSSR count). The van der Waals surface area contributed by atoms with Crippen LogP contribution in [0.3, 0.4) is 0 Å². The van der Waals surface area contributed by atoms with Gasteiger partial charge in [-0.2, -0.15) is 0 Å². The number of carbonyl (C=O) groups is 2. The maximum atomic E-state index is 12.2. The Morgan fingerprint density at radius 2 is 1.86 bits per heavy atom. The van der Waals surface area contributed by atoms with Crippen LogP contribution in [0.2, 0.25) is 0 Å². The minimum atomic E-state index is -1.14. The molecule has 0 radical (unpaired) electrons. The first-order valence-corrected chi connectivity index (χ1v) is 7.57. The summed E-state index contributed by atoms with van der Waals surface area (Å²) in [5.41, 5.74) is 5.82. The van der Waals surface area contributed by atoms with E-state index < -0.39 is 25.1 Å². The minimum absolute atomic E-state index is 0.0475. The van der Waals surface area contributed by atoms with Crippen molar-refractivity contribution in [2.24, 2.45) is 11.7 Å². The first-order valence-electron chi connectivity index (χ1n) is 7.57. The van der Waals surface area contributed by atoms with Crippen LogP contribution in [0.1, 0.15) is 44.9 Å². The zero-order chi connectivity index (χ0) is 15.4. The Hall–Kier alpha value is -1.12. The SMILES string of the molecule is NC1CCC(C(=O)N[C@H]2CC[C@@H](CC(=O)O)OB2O)CC1. The van der Waals surface area contributed by atoms with E-state index in [-0.39, 0.29) is 24.3 Å². The predicted molar refractivity (Wildman–Crippen MR) is 76.2 cm³/mol. The maximum Gasteiger partial charge on any atom is 0.478 e. The normalized spacial score (nSPS) is 33.5. The third kappa shape index (κ3) is 4.69. The zero-order valence-corrected chi connectivity index (χ0v) is 12.0. The van der Waals surface area contributed by atoms with Crippen molar-refractivity contribution in [3.05, 3.63) is 0 Å². The van der Waals surface area contributed by atoms with Gasteiger partial charge in [0.25, 0.3) is 0 Å². The van der Waals surface area contributed by atoms with Gasteiger partial charge in [-0.1, -0.05) is 0 Å². The summed E-state index contributed by atoms with van der Waals surface area (Å²) >= 11 is 0. The molecule has 0 unspecified atom stereocenters. The molecule has 0 aromatic carbocycles. The van der Waals surface area contributed by atoms with Crippen molar-refractivity contribution < 1.29 is 24.4 Å². The fourth-order valence-electron chi connectivity index (χ4n) is 3.04. The van der Waals surface area contributed by atoms with Crippen LogP contribution in [-0.2, 0) is 14.2 Å².